The average Bonchev–Trinajstić information content (AvgIpc) is 3.41. The van der Waals surface area contributed by atoms with E-state index >= 15 is 0 Å². The van der Waals surface area contributed by atoms with Crippen molar-refractivity contribution in [3.8, 4) is 17.1 Å². The van der Waals surface area contributed by atoms with Crippen LogP contribution >= 0.6 is 0 Å². The number of amides is 2. The van der Waals surface area contributed by atoms with E-state index in [1.54, 1.807) is 19.3 Å². The van der Waals surface area contributed by atoms with Gasteiger partial charge in [-0.3, -0.25) is 14.6 Å². The lowest BCUT2D eigenvalue weighted by atomic mass is 10.1. The van der Waals surface area contributed by atoms with E-state index in [1.165, 1.54) is 0 Å². The van der Waals surface area contributed by atoms with E-state index in [-0.39, 0.29) is 17.9 Å². The lowest BCUT2D eigenvalue weighted by Crippen LogP contribution is -2.46. The second-order valence-electron chi connectivity index (χ2n) is 10.1. The minimum Gasteiger partial charge on any atom is -0.490 e. The maximum Gasteiger partial charge on any atom is 0.270 e. The van der Waals surface area contributed by atoms with Gasteiger partial charge in [-0.05, 0) is 36.4 Å². The van der Waals surface area contributed by atoms with Crippen molar-refractivity contribution in [2.75, 3.05) is 44.6 Å². The van der Waals surface area contributed by atoms with Gasteiger partial charge in [-0.2, -0.15) is 0 Å². The maximum absolute atomic E-state index is 12.9. The third-order valence-electron chi connectivity index (χ3n) is 7.35. The molecule has 4 aromatic rings. The predicted molar refractivity (Wildman–Crippen MR) is 152 cm³/mol. The smallest absolute Gasteiger partial charge is 0.270 e. The number of ether oxygens (including phenoxy) is 1. The van der Waals surface area contributed by atoms with Crippen LogP contribution in [0.25, 0.3) is 22.3 Å². The zero-order valence-electron chi connectivity index (χ0n) is 22.4. The standard InChI is InChI=1S/C29H32N8O3/c1-19(38)36-12-6-22(7-13-36)40-23-4-8-31-26(18-23)25-5-9-32-29(35-25)33-21-2-3-24-20(16-21)17-27(34-24)28(39)37-14-10-30-11-15-37/h2-5,8-9,16-18,22,30,34H,6-7,10-15H2,1H3,(H,32,33,35). The van der Waals surface area contributed by atoms with Crippen molar-refractivity contribution >= 4 is 34.4 Å². The molecule has 11 heteroatoms. The van der Waals surface area contributed by atoms with Gasteiger partial charge in [-0.25, -0.2) is 9.97 Å². The first-order valence-electron chi connectivity index (χ1n) is 13.6. The van der Waals surface area contributed by atoms with Gasteiger partial charge in [0.25, 0.3) is 5.91 Å². The summed E-state index contributed by atoms with van der Waals surface area (Å²) in [4.78, 5) is 45.0. The highest BCUT2D eigenvalue weighted by molar-refractivity contribution is 5.98. The first-order chi connectivity index (χ1) is 19.5. The van der Waals surface area contributed by atoms with Gasteiger partial charge in [0.2, 0.25) is 11.9 Å². The van der Waals surface area contributed by atoms with Crippen molar-refractivity contribution < 1.29 is 14.3 Å². The SMILES string of the molecule is CC(=O)N1CCC(Oc2ccnc(-c3ccnc(Nc4ccc5[nH]c(C(=O)N6CCNCC6)cc5c4)n3)c2)CC1. The Morgan fingerprint density at radius 3 is 2.52 bits per heavy atom. The zero-order chi connectivity index (χ0) is 27.5. The van der Waals surface area contributed by atoms with Crippen molar-refractivity contribution in [1.29, 1.82) is 0 Å². The summed E-state index contributed by atoms with van der Waals surface area (Å²) in [5, 5.41) is 7.47. The minimum absolute atomic E-state index is 0.0171. The number of anilines is 2. The van der Waals surface area contributed by atoms with E-state index in [0.717, 1.165) is 48.3 Å². The molecule has 0 unspecified atom stereocenters. The fourth-order valence-electron chi connectivity index (χ4n) is 5.16. The highest BCUT2D eigenvalue weighted by Crippen LogP contribution is 2.26. The first kappa shape index (κ1) is 25.8. The minimum atomic E-state index is 0.0171. The van der Waals surface area contributed by atoms with E-state index in [9.17, 15) is 9.59 Å². The van der Waals surface area contributed by atoms with Gasteiger partial charge in [-0.1, -0.05) is 0 Å². The van der Waals surface area contributed by atoms with Crippen molar-refractivity contribution in [2.45, 2.75) is 25.9 Å². The fourth-order valence-corrected chi connectivity index (χ4v) is 5.16. The third kappa shape index (κ3) is 5.74. The molecule has 2 saturated heterocycles. The number of piperidine rings is 1. The van der Waals surface area contributed by atoms with Gasteiger partial charge in [-0.15, -0.1) is 0 Å². The monoisotopic (exact) mass is 540 g/mol. The van der Waals surface area contributed by atoms with Gasteiger partial charge in [0.1, 0.15) is 17.5 Å². The number of hydrogen-bond donors (Lipinski definition) is 3. The van der Waals surface area contributed by atoms with E-state index in [0.29, 0.717) is 49.2 Å². The molecule has 0 aliphatic carbocycles. The lowest BCUT2D eigenvalue weighted by Gasteiger charge is -2.31. The summed E-state index contributed by atoms with van der Waals surface area (Å²) in [5.74, 6) is 1.29. The average molecular weight is 541 g/mol. The maximum atomic E-state index is 12.9. The summed E-state index contributed by atoms with van der Waals surface area (Å²) in [5.41, 5.74) is 3.64. The molecule has 3 aromatic heterocycles. The topological polar surface area (TPSA) is 128 Å². The molecule has 2 aliphatic heterocycles. The van der Waals surface area contributed by atoms with E-state index in [4.69, 9.17) is 4.74 Å². The molecule has 0 atom stereocenters. The van der Waals surface area contributed by atoms with E-state index < -0.39 is 0 Å². The summed E-state index contributed by atoms with van der Waals surface area (Å²) in [7, 11) is 0. The molecule has 0 bridgehead atoms. The Balaban J connectivity index is 1.14. The second-order valence-corrected chi connectivity index (χ2v) is 10.1. The number of fused-ring (bicyclic) bond motifs is 1. The number of aromatic nitrogens is 4. The van der Waals surface area contributed by atoms with Crippen LogP contribution in [0.4, 0.5) is 11.6 Å². The second kappa shape index (κ2) is 11.3. The number of H-pyrrole nitrogens is 1. The van der Waals surface area contributed by atoms with Crippen LogP contribution in [0.2, 0.25) is 0 Å². The molecule has 6 rings (SSSR count). The summed E-state index contributed by atoms with van der Waals surface area (Å²) in [6.45, 7) is 6.06. The number of piperazine rings is 1. The summed E-state index contributed by atoms with van der Waals surface area (Å²) in [6.07, 6.45) is 5.07. The quantitative estimate of drug-likeness (QED) is 0.340. The molecule has 5 heterocycles. The Morgan fingerprint density at radius 2 is 1.73 bits per heavy atom. The van der Waals surface area contributed by atoms with Crippen LogP contribution in [0, 0.1) is 0 Å². The Bertz CT molecular complexity index is 1520. The number of likely N-dealkylation sites (tertiary alicyclic amines) is 1. The predicted octanol–water partition coefficient (Wildman–Crippen LogP) is 3.20. The van der Waals surface area contributed by atoms with Gasteiger partial charge in [0.15, 0.2) is 0 Å². The van der Waals surface area contributed by atoms with Gasteiger partial charge in [0, 0.05) is 94.1 Å². The number of rotatable bonds is 6. The number of aromatic amines is 1. The molecule has 2 aliphatic rings. The molecule has 2 fully saturated rings. The van der Waals surface area contributed by atoms with Crippen LogP contribution in [0.15, 0.2) is 54.9 Å². The summed E-state index contributed by atoms with van der Waals surface area (Å²) >= 11 is 0. The molecule has 40 heavy (non-hydrogen) atoms. The van der Waals surface area contributed by atoms with Crippen molar-refractivity contribution in [3.63, 3.8) is 0 Å². The number of hydrogen-bond acceptors (Lipinski definition) is 8. The Labute approximate surface area is 232 Å². The fraction of sp³-hybridized carbons (Fsp3) is 0.345. The molecule has 2 amide bonds. The molecular formula is C29H32N8O3. The number of carbonyl (C=O) groups excluding carboxylic acids is 2. The van der Waals surface area contributed by atoms with Crippen LogP contribution in [0.1, 0.15) is 30.3 Å². The van der Waals surface area contributed by atoms with E-state index in [2.05, 4.69) is 30.6 Å². The highest BCUT2D eigenvalue weighted by atomic mass is 16.5. The van der Waals surface area contributed by atoms with Crippen LogP contribution in [0.3, 0.4) is 0 Å². The Morgan fingerprint density at radius 1 is 0.925 bits per heavy atom. The van der Waals surface area contributed by atoms with Crippen molar-refractivity contribution in [3.05, 3.63) is 60.6 Å². The summed E-state index contributed by atoms with van der Waals surface area (Å²) < 4.78 is 6.20. The molecule has 0 saturated carbocycles. The van der Waals surface area contributed by atoms with Crippen molar-refractivity contribution in [2.24, 2.45) is 0 Å². The highest BCUT2D eigenvalue weighted by Gasteiger charge is 2.22. The van der Waals surface area contributed by atoms with Gasteiger partial charge < -0.3 is 30.2 Å². The van der Waals surface area contributed by atoms with Crippen LogP contribution in [0.5, 0.6) is 5.75 Å². The third-order valence-corrected chi connectivity index (χ3v) is 7.35. The molecule has 1 aromatic carbocycles. The molecule has 0 spiro atoms. The van der Waals surface area contributed by atoms with E-state index in [1.807, 2.05) is 52.3 Å². The Kier molecular flexibility index (Phi) is 7.28. The molecule has 0 radical (unpaired) electrons. The van der Waals surface area contributed by atoms with Gasteiger partial charge in [0.05, 0.1) is 11.4 Å². The number of nitrogens with zero attached hydrogens (tertiary/aromatic N) is 5. The molecular weight excluding hydrogens is 508 g/mol. The van der Waals surface area contributed by atoms with Crippen LogP contribution in [-0.4, -0.2) is 86.9 Å². The first-order valence-corrected chi connectivity index (χ1v) is 13.6. The molecule has 11 nitrogen and oxygen atoms in total. The largest absolute Gasteiger partial charge is 0.490 e. The Hall–Kier alpha value is -4.51. The number of pyridine rings is 1. The molecule has 3 N–H and O–H groups in total. The van der Waals surface area contributed by atoms with Crippen molar-refractivity contribution in [1.82, 2.24) is 35.1 Å². The van der Waals surface area contributed by atoms with Crippen LogP contribution < -0.4 is 15.4 Å². The summed E-state index contributed by atoms with van der Waals surface area (Å²) in [6, 6.07) is 13.3. The van der Waals surface area contributed by atoms with Crippen LogP contribution in [-0.2, 0) is 4.79 Å². The lowest BCUT2D eigenvalue weighted by molar-refractivity contribution is -0.130. The zero-order valence-corrected chi connectivity index (χ0v) is 22.4. The number of nitrogens with one attached hydrogen (secondary N) is 3. The number of carbonyl (C=O) groups is 2. The molecule has 206 valence electrons. The van der Waals surface area contributed by atoms with Gasteiger partial charge >= 0.3 is 0 Å². The normalized spacial score (nSPS) is 16.2. The number of benzene rings is 1.